The number of hydrogen-bond donors (Lipinski definition) is 3. The molecule has 2 amide bonds. The van der Waals surface area contributed by atoms with E-state index in [1.54, 1.807) is 11.8 Å². The van der Waals surface area contributed by atoms with E-state index in [9.17, 15) is 14.4 Å². The highest BCUT2D eigenvalue weighted by Gasteiger charge is 2.25. The van der Waals surface area contributed by atoms with E-state index in [0.29, 0.717) is 38.1 Å². The zero-order valence-electron chi connectivity index (χ0n) is 12.2. The van der Waals surface area contributed by atoms with Gasteiger partial charge in [0.25, 0.3) is 0 Å². The molecule has 0 bridgehead atoms. The van der Waals surface area contributed by atoms with Gasteiger partial charge in [-0.05, 0) is 44.4 Å². The maximum absolute atomic E-state index is 11.9. The first-order valence-corrected chi connectivity index (χ1v) is 8.36. The molecule has 0 aliphatic carbocycles. The van der Waals surface area contributed by atoms with Gasteiger partial charge in [0.05, 0.1) is 6.54 Å². The van der Waals surface area contributed by atoms with Crippen LogP contribution in [0, 0.1) is 5.92 Å². The van der Waals surface area contributed by atoms with E-state index in [-0.39, 0.29) is 24.3 Å². The molecule has 1 heterocycles. The maximum atomic E-state index is 11.9. The Morgan fingerprint density at radius 1 is 1.38 bits per heavy atom. The van der Waals surface area contributed by atoms with Crippen molar-refractivity contribution in [1.29, 1.82) is 0 Å². The summed E-state index contributed by atoms with van der Waals surface area (Å²) in [5.74, 6) is -1.02. The van der Waals surface area contributed by atoms with Crippen molar-refractivity contribution < 1.29 is 19.5 Å². The molecular formula is C13H23N3O4S. The van der Waals surface area contributed by atoms with Crippen LogP contribution in [-0.2, 0) is 14.4 Å². The van der Waals surface area contributed by atoms with Gasteiger partial charge in [0.15, 0.2) is 0 Å². The zero-order valence-corrected chi connectivity index (χ0v) is 13.0. The van der Waals surface area contributed by atoms with Gasteiger partial charge in [-0.1, -0.05) is 0 Å². The number of amides is 2. The summed E-state index contributed by atoms with van der Waals surface area (Å²) >= 11 is 1.54. The number of nitrogens with two attached hydrogens (primary N) is 1. The van der Waals surface area contributed by atoms with Crippen LogP contribution in [0.4, 0.5) is 0 Å². The van der Waals surface area contributed by atoms with Crippen LogP contribution in [0.5, 0.6) is 0 Å². The third kappa shape index (κ3) is 6.34. The van der Waals surface area contributed by atoms with Crippen LogP contribution in [0.25, 0.3) is 0 Å². The summed E-state index contributed by atoms with van der Waals surface area (Å²) in [7, 11) is 0. The van der Waals surface area contributed by atoms with E-state index in [4.69, 9.17) is 10.8 Å². The molecule has 1 aliphatic heterocycles. The molecule has 1 saturated heterocycles. The second kappa shape index (κ2) is 8.89. The number of likely N-dealkylation sites (tertiary alicyclic amines) is 1. The molecule has 1 atom stereocenters. The van der Waals surface area contributed by atoms with Crippen LogP contribution in [0.1, 0.15) is 19.3 Å². The summed E-state index contributed by atoms with van der Waals surface area (Å²) < 4.78 is 0. The number of nitrogens with zero attached hydrogens (tertiary/aromatic N) is 1. The van der Waals surface area contributed by atoms with Gasteiger partial charge >= 0.3 is 5.97 Å². The molecule has 7 nitrogen and oxygen atoms in total. The largest absolute Gasteiger partial charge is 0.480 e. The van der Waals surface area contributed by atoms with Crippen molar-refractivity contribution in [2.24, 2.45) is 11.7 Å². The van der Waals surface area contributed by atoms with Crippen LogP contribution in [0.2, 0.25) is 0 Å². The van der Waals surface area contributed by atoms with Gasteiger partial charge in [-0.25, -0.2) is 4.79 Å². The van der Waals surface area contributed by atoms with Crippen molar-refractivity contribution in [3.63, 3.8) is 0 Å². The Kier molecular flexibility index (Phi) is 7.52. The number of carboxylic acids is 1. The lowest BCUT2D eigenvalue weighted by atomic mass is 9.96. The van der Waals surface area contributed by atoms with Crippen molar-refractivity contribution in [3.8, 4) is 0 Å². The molecule has 1 unspecified atom stereocenters. The second-order valence-corrected chi connectivity index (χ2v) is 6.18. The average molecular weight is 317 g/mol. The number of carbonyl (C=O) groups is 3. The lowest BCUT2D eigenvalue weighted by Crippen LogP contribution is -2.48. The first-order valence-electron chi connectivity index (χ1n) is 6.96. The Morgan fingerprint density at radius 2 is 2.00 bits per heavy atom. The van der Waals surface area contributed by atoms with Crippen LogP contribution in [-0.4, -0.2) is 65.5 Å². The van der Waals surface area contributed by atoms with Crippen molar-refractivity contribution in [2.75, 3.05) is 31.6 Å². The van der Waals surface area contributed by atoms with Gasteiger partial charge in [-0.3, -0.25) is 14.5 Å². The number of hydrogen-bond acceptors (Lipinski definition) is 5. The topological polar surface area (TPSA) is 113 Å². The standard InChI is InChI=1S/C13H23N3O4S/c1-21-7-4-10(13(19)20)15-11(17)8-16-5-2-9(3-6-16)12(14)18/h9-10H,2-8H2,1H3,(H2,14,18)(H,15,17)(H,19,20). The van der Waals surface area contributed by atoms with Crippen molar-refractivity contribution >= 4 is 29.5 Å². The van der Waals surface area contributed by atoms with Crippen LogP contribution in [0.15, 0.2) is 0 Å². The van der Waals surface area contributed by atoms with Crippen molar-refractivity contribution in [2.45, 2.75) is 25.3 Å². The van der Waals surface area contributed by atoms with Crippen molar-refractivity contribution in [1.82, 2.24) is 10.2 Å². The minimum Gasteiger partial charge on any atom is -0.480 e. The molecule has 0 aromatic rings. The molecule has 120 valence electrons. The van der Waals surface area contributed by atoms with Crippen LogP contribution in [0.3, 0.4) is 0 Å². The fraction of sp³-hybridized carbons (Fsp3) is 0.769. The molecule has 4 N–H and O–H groups in total. The number of carbonyl (C=O) groups excluding carboxylic acids is 2. The normalized spacial score (nSPS) is 18.1. The number of aliphatic carboxylic acids is 1. The summed E-state index contributed by atoms with van der Waals surface area (Å²) in [6.45, 7) is 1.42. The molecule has 1 rings (SSSR count). The average Bonchev–Trinajstić information content (AvgIpc) is 2.43. The van der Waals surface area contributed by atoms with Gasteiger partial charge in [-0.15, -0.1) is 0 Å². The van der Waals surface area contributed by atoms with E-state index < -0.39 is 12.0 Å². The SMILES string of the molecule is CSCCC(NC(=O)CN1CCC(C(N)=O)CC1)C(=O)O. The lowest BCUT2D eigenvalue weighted by Gasteiger charge is -2.30. The van der Waals surface area contributed by atoms with E-state index in [2.05, 4.69) is 5.32 Å². The van der Waals surface area contributed by atoms with E-state index in [0.717, 1.165) is 0 Å². The third-order valence-corrected chi connectivity index (χ3v) is 4.25. The second-order valence-electron chi connectivity index (χ2n) is 5.19. The predicted octanol–water partition coefficient (Wildman–Crippen LogP) is -0.494. The molecular weight excluding hydrogens is 294 g/mol. The predicted molar refractivity (Wildman–Crippen MR) is 80.9 cm³/mol. The zero-order chi connectivity index (χ0) is 15.8. The van der Waals surface area contributed by atoms with Crippen molar-refractivity contribution in [3.05, 3.63) is 0 Å². The summed E-state index contributed by atoms with van der Waals surface area (Å²) in [4.78, 5) is 35.9. The molecule has 21 heavy (non-hydrogen) atoms. The Hall–Kier alpha value is -1.28. The Morgan fingerprint density at radius 3 is 2.48 bits per heavy atom. The van der Waals surface area contributed by atoms with E-state index in [1.165, 1.54) is 0 Å². The number of carboxylic acid groups (broad SMARTS) is 1. The van der Waals surface area contributed by atoms with Crippen LogP contribution < -0.4 is 11.1 Å². The fourth-order valence-corrected chi connectivity index (χ4v) is 2.78. The smallest absolute Gasteiger partial charge is 0.326 e. The lowest BCUT2D eigenvalue weighted by molar-refractivity contribution is -0.142. The minimum atomic E-state index is -1.01. The third-order valence-electron chi connectivity index (χ3n) is 3.60. The minimum absolute atomic E-state index is 0.113. The van der Waals surface area contributed by atoms with E-state index >= 15 is 0 Å². The van der Waals surface area contributed by atoms with Gasteiger partial charge in [0, 0.05) is 5.92 Å². The Bertz CT molecular complexity index is 384. The Labute approximate surface area is 128 Å². The summed E-state index contributed by atoms with van der Waals surface area (Å²) in [5.41, 5.74) is 5.26. The molecule has 1 fully saturated rings. The highest BCUT2D eigenvalue weighted by Crippen LogP contribution is 2.16. The quantitative estimate of drug-likeness (QED) is 0.556. The molecule has 0 aromatic carbocycles. The first-order chi connectivity index (χ1) is 9.93. The molecule has 1 aliphatic rings. The highest BCUT2D eigenvalue weighted by molar-refractivity contribution is 7.98. The molecule has 0 saturated carbocycles. The molecule has 0 radical (unpaired) electrons. The summed E-state index contributed by atoms with van der Waals surface area (Å²) in [6.07, 6.45) is 3.60. The maximum Gasteiger partial charge on any atom is 0.326 e. The molecule has 0 aromatic heterocycles. The number of rotatable bonds is 8. The molecule has 8 heteroatoms. The number of nitrogens with one attached hydrogen (secondary N) is 1. The van der Waals surface area contributed by atoms with Gasteiger partial charge in [-0.2, -0.15) is 11.8 Å². The van der Waals surface area contributed by atoms with Crippen LogP contribution >= 0.6 is 11.8 Å². The van der Waals surface area contributed by atoms with Gasteiger partial charge < -0.3 is 16.2 Å². The number of piperidine rings is 1. The van der Waals surface area contributed by atoms with Gasteiger partial charge in [0.1, 0.15) is 6.04 Å². The Balaban J connectivity index is 2.36. The first kappa shape index (κ1) is 17.8. The monoisotopic (exact) mass is 317 g/mol. The molecule has 0 spiro atoms. The number of thioether (sulfide) groups is 1. The summed E-state index contributed by atoms with van der Waals surface area (Å²) in [6, 6.07) is -0.840. The highest BCUT2D eigenvalue weighted by atomic mass is 32.2. The van der Waals surface area contributed by atoms with E-state index in [1.807, 2.05) is 11.2 Å². The number of primary amides is 1. The fourth-order valence-electron chi connectivity index (χ4n) is 2.31. The van der Waals surface area contributed by atoms with Gasteiger partial charge in [0.2, 0.25) is 11.8 Å². The summed E-state index contributed by atoms with van der Waals surface area (Å²) in [5, 5.41) is 11.6.